The van der Waals surface area contributed by atoms with Gasteiger partial charge in [0, 0.05) is 17.7 Å². The number of pyridine rings is 1. The predicted molar refractivity (Wildman–Crippen MR) is 81.5 cm³/mol. The van der Waals surface area contributed by atoms with Gasteiger partial charge in [-0.15, -0.1) is 0 Å². The van der Waals surface area contributed by atoms with Crippen molar-refractivity contribution in [3.8, 4) is 22.8 Å². The van der Waals surface area contributed by atoms with Crippen LogP contribution < -0.4 is 15.2 Å². The van der Waals surface area contributed by atoms with Gasteiger partial charge in [0.2, 0.25) is 0 Å². The van der Waals surface area contributed by atoms with Gasteiger partial charge in [0.05, 0.1) is 19.1 Å². The van der Waals surface area contributed by atoms with E-state index in [9.17, 15) is 10.1 Å². The van der Waals surface area contributed by atoms with Gasteiger partial charge in [-0.2, -0.15) is 0 Å². The minimum Gasteiger partial charge on any atom is -0.497 e. The van der Waals surface area contributed by atoms with Crippen molar-refractivity contribution in [2.75, 3.05) is 20.0 Å². The van der Waals surface area contributed by atoms with Crippen LogP contribution in [0, 0.1) is 10.1 Å². The third-order valence-electron chi connectivity index (χ3n) is 2.80. The van der Waals surface area contributed by atoms with Crippen LogP contribution in [-0.4, -0.2) is 24.1 Å². The summed E-state index contributed by atoms with van der Waals surface area (Å²) in [6.45, 7) is 0. The molecular weight excluding hydrogens is 342 g/mol. The molecular formula is C13H12BrN3O4. The van der Waals surface area contributed by atoms with Gasteiger partial charge in [0.25, 0.3) is 0 Å². The molecule has 0 radical (unpaired) electrons. The Morgan fingerprint density at radius 2 is 1.76 bits per heavy atom. The molecule has 1 heterocycles. The number of hydrogen-bond donors (Lipinski definition) is 1. The molecule has 7 nitrogen and oxygen atoms in total. The van der Waals surface area contributed by atoms with E-state index in [1.807, 2.05) is 0 Å². The van der Waals surface area contributed by atoms with E-state index in [0.717, 1.165) is 0 Å². The third kappa shape index (κ3) is 3.05. The number of nitrogens with two attached hydrogens (primary N) is 1. The zero-order valence-electron chi connectivity index (χ0n) is 11.3. The summed E-state index contributed by atoms with van der Waals surface area (Å²) in [5.74, 6) is 0.998. The first-order valence-electron chi connectivity index (χ1n) is 5.80. The van der Waals surface area contributed by atoms with Crippen LogP contribution in [0.4, 0.5) is 11.4 Å². The summed E-state index contributed by atoms with van der Waals surface area (Å²) in [6.07, 6.45) is 0. The van der Waals surface area contributed by atoms with Gasteiger partial charge in [-0.25, -0.2) is 4.98 Å². The summed E-state index contributed by atoms with van der Waals surface area (Å²) in [6, 6.07) is 6.31. The lowest BCUT2D eigenvalue weighted by Gasteiger charge is -2.09. The van der Waals surface area contributed by atoms with Crippen LogP contribution in [0.2, 0.25) is 0 Å². The molecule has 0 unspecified atom stereocenters. The molecule has 2 N–H and O–H groups in total. The van der Waals surface area contributed by atoms with Crippen molar-refractivity contribution in [1.29, 1.82) is 0 Å². The summed E-state index contributed by atoms with van der Waals surface area (Å²) in [4.78, 5) is 14.8. The van der Waals surface area contributed by atoms with Crippen molar-refractivity contribution in [3.63, 3.8) is 0 Å². The molecule has 0 saturated carbocycles. The van der Waals surface area contributed by atoms with Crippen LogP contribution in [0.15, 0.2) is 28.9 Å². The topological polar surface area (TPSA) is 101 Å². The second-order valence-corrected chi connectivity index (χ2v) is 4.90. The minimum absolute atomic E-state index is 0.0265. The van der Waals surface area contributed by atoms with Crippen LogP contribution in [-0.2, 0) is 0 Å². The second-order valence-electron chi connectivity index (χ2n) is 4.09. The summed E-state index contributed by atoms with van der Waals surface area (Å²) < 4.78 is 10.7. The molecule has 0 aliphatic heterocycles. The summed E-state index contributed by atoms with van der Waals surface area (Å²) in [5.41, 5.74) is 6.12. The summed E-state index contributed by atoms with van der Waals surface area (Å²) in [5, 5.41) is 11.2. The number of aromatic nitrogens is 1. The van der Waals surface area contributed by atoms with Gasteiger partial charge >= 0.3 is 5.69 Å². The van der Waals surface area contributed by atoms with E-state index < -0.39 is 4.92 Å². The molecule has 21 heavy (non-hydrogen) atoms. The molecule has 0 spiro atoms. The summed E-state index contributed by atoms with van der Waals surface area (Å²) >= 11 is 3.19. The molecule has 2 rings (SSSR count). The number of hydrogen-bond acceptors (Lipinski definition) is 6. The number of halogens is 1. The van der Waals surface area contributed by atoms with Gasteiger partial charge in [0.1, 0.15) is 21.8 Å². The van der Waals surface area contributed by atoms with E-state index in [-0.39, 0.29) is 17.1 Å². The number of anilines is 1. The van der Waals surface area contributed by atoms with Crippen molar-refractivity contribution < 1.29 is 14.4 Å². The lowest BCUT2D eigenvalue weighted by atomic mass is 10.1. The SMILES string of the molecule is COc1cc(OC)cc(-c2nc(Br)cc(N)c2[N+](=O)[O-])c1. The van der Waals surface area contributed by atoms with Crippen molar-refractivity contribution in [2.45, 2.75) is 0 Å². The normalized spacial score (nSPS) is 10.2. The Morgan fingerprint density at radius 3 is 2.24 bits per heavy atom. The number of rotatable bonds is 4. The van der Waals surface area contributed by atoms with Crippen LogP contribution in [0.25, 0.3) is 11.3 Å². The maximum absolute atomic E-state index is 11.2. The number of nitro groups is 1. The highest BCUT2D eigenvalue weighted by atomic mass is 79.9. The molecule has 1 aromatic carbocycles. The maximum Gasteiger partial charge on any atom is 0.318 e. The van der Waals surface area contributed by atoms with Crippen molar-refractivity contribution in [3.05, 3.63) is 39.0 Å². The lowest BCUT2D eigenvalue weighted by Crippen LogP contribution is -2.01. The van der Waals surface area contributed by atoms with Crippen molar-refractivity contribution in [1.82, 2.24) is 4.98 Å². The van der Waals surface area contributed by atoms with Gasteiger partial charge in [-0.1, -0.05) is 0 Å². The molecule has 0 saturated heterocycles. The Bertz CT molecular complexity index is 684. The van der Waals surface area contributed by atoms with E-state index in [2.05, 4.69) is 20.9 Å². The van der Waals surface area contributed by atoms with Crippen molar-refractivity contribution in [2.24, 2.45) is 0 Å². The Morgan fingerprint density at radius 1 is 1.19 bits per heavy atom. The zero-order valence-corrected chi connectivity index (χ0v) is 12.9. The maximum atomic E-state index is 11.2. The smallest absolute Gasteiger partial charge is 0.318 e. The number of ether oxygens (including phenoxy) is 2. The molecule has 110 valence electrons. The fraction of sp³-hybridized carbons (Fsp3) is 0.154. The number of nitrogen functional groups attached to an aromatic ring is 1. The highest BCUT2D eigenvalue weighted by Gasteiger charge is 2.23. The van der Waals surface area contributed by atoms with Crippen LogP contribution in [0.5, 0.6) is 11.5 Å². The molecule has 0 fully saturated rings. The number of nitrogens with zero attached hydrogens (tertiary/aromatic N) is 2. The molecule has 1 aromatic heterocycles. The second kappa shape index (κ2) is 5.96. The lowest BCUT2D eigenvalue weighted by molar-refractivity contribution is -0.383. The average Bonchev–Trinajstić information content (AvgIpc) is 2.45. The highest BCUT2D eigenvalue weighted by Crippen LogP contribution is 2.37. The molecule has 0 bridgehead atoms. The van der Waals surface area contributed by atoms with E-state index in [1.165, 1.54) is 20.3 Å². The van der Waals surface area contributed by atoms with Crippen LogP contribution >= 0.6 is 15.9 Å². The van der Waals surface area contributed by atoms with Gasteiger partial charge in [-0.3, -0.25) is 10.1 Å². The zero-order chi connectivity index (χ0) is 15.6. The fourth-order valence-corrected chi connectivity index (χ4v) is 2.29. The first kappa shape index (κ1) is 15.0. The minimum atomic E-state index is -0.559. The standard InChI is InChI=1S/C13H12BrN3O4/c1-20-8-3-7(4-9(5-8)21-2)12-13(17(18)19)10(15)6-11(14)16-12/h3-6H,1-2H3,(H2,15,16). The third-order valence-corrected chi connectivity index (χ3v) is 3.20. The first-order valence-corrected chi connectivity index (χ1v) is 6.59. The summed E-state index contributed by atoms with van der Waals surface area (Å²) in [7, 11) is 2.99. The monoisotopic (exact) mass is 353 g/mol. The molecule has 0 atom stereocenters. The van der Waals surface area contributed by atoms with Gasteiger partial charge < -0.3 is 15.2 Å². The van der Waals surface area contributed by atoms with Crippen molar-refractivity contribution >= 4 is 27.3 Å². The molecule has 0 aliphatic rings. The van der Waals surface area contributed by atoms with E-state index in [4.69, 9.17) is 15.2 Å². The number of methoxy groups -OCH3 is 2. The quantitative estimate of drug-likeness (QED) is 0.515. The Kier molecular flexibility index (Phi) is 4.27. The largest absolute Gasteiger partial charge is 0.497 e. The Balaban J connectivity index is 2.74. The molecule has 0 amide bonds. The van der Waals surface area contributed by atoms with Gasteiger partial charge in [0.15, 0.2) is 5.69 Å². The van der Waals surface area contributed by atoms with E-state index in [0.29, 0.717) is 21.7 Å². The Labute approximate surface area is 129 Å². The van der Waals surface area contributed by atoms with Crippen LogP contribution in [0.3, 0.4) is 0 Å². The first-order chi connectivity index (χ1) is 9.96. The highest BCUT2D eigenvalue weighted by molar-refractivity contribution is 9.10. The molecule has 0 aliphatic carbocycles. The fourth-order valence-electron chi connectivity index (χ4n) is 1.86. The van der Waals surface area contributed by atoms with Crippen LogP contribution in [0.1, 0.15) is 0 Å². The Hall–Kier alpha value is -2.35. The van der Waals surface area contributed by atoms with Gasteiger partial charge in [-0.05, 0) is 28.1 Å². The molecule has 8 heteroatoms. The molecule has 2 aromatic rings. The van der Waals surface area contributed by atoms with E-state index in [1.54, 1.807) is 18.2 Å². The predicted octanol–water partition coefficient (Wildman–Crippen LogP) is 3.02. The number of benzene rings is 1. The van der Waals surface area contributed by atoms with E-state index >= 15 is 0 Å². The average molecular weight is 354 g/mol.